The zero-order valence-corrected chi connectivity index (χ0v) is 7.93. The van der Waals surface area contributed by atoms with Crippen LogP contribution < -0.4 is 0 Å². The van der Waals surface area contributed by atoms with Crippen LogP contribution in [0.25, 0.3) is 0 Å². The van der Waals surface area contributed by atoms with Crippen LogP contribution in [0.3, 0.4) is 0 Å². The Balaban J connectivity index is 0.000000791. The average molecular weight is 204 g/mol. The van der Waals surface area contributed by atoms with Crippen molar-refractivity contribution in [2.45, 2.75) is 20.0 Å². The molecule has 0 aliphatic carbocycles. The second kappa shape index (κ2) is 5.42. The van der Waals surface area contributed by atoms with E-state index in [1.54, 1.807) is 0 Å². The van der Waals surface area contributed by atoms with Crippen molar-refractivity contribution in [3.8, 4) is 0 Å². The molecule has 0 unspecified atom stereocenters. The summed E-state index contributed by atoms with van der Waals surface area (Å²) in [4.78, 5) is 10.1. The molecular weight excluding hydrogens is 193 g/mol. The van der Waals surface area contributed by atoms with Gasteiger partial charge in [0.25, 0.3) is 0 Å². The first kappa shape index (κ1) is 12.7. The first-order valence-electron chi connectivity index (χ1n) is 4.16. The predicted molar refractivity (Wildman–Crippen MR) is 48.2 cm³/mol. The lowest BCUT2D eigenvalue weighted by Gasteiger charge is -2.04. The highest BCUT2D eigenvalue weighted by Crippen LogP contribution is 2.28. The van der Waals surface area contributed by atoms with Crippen LogP contribution in [-0.4, -0.2) is 6.29 Å². The fraction of sp³-hybridized carbons (Fsp3) is 0.300. The Labute approximate surface area is 80.6 Å². The van der Waals surface area contributed by atoms with Gasteiger partial charge in [0, 0.05) is 5.56 Å². The molecule has 0 aliphatic heterocycles. The molecule has 0 saturated carbocycles. The molecule has 0 bridgehead atoms. The molecule has 0 N–H and O–H groups in total. The lowest BCUT2D eigenvalue weighted by atomic mass is 10.1. The molecule has 4 heteroatoms. The number of halogens is 3. The van der Waals surface area contributed by atoms with Gasteiger partial charge in [0.15, 0.2) is 0 Å². The molecule has 0 aliphatic rings. The molecule has 0 fully saturated rings. The van der Waals surface area contributed by atoms with Crippen LogP contribution in [-0.2, 0) is 6.18 Å². The van der Waals surface area contributed by atoms with Gasteiger partial charge in [-0.25, -0.2) is 0 Å². The Morgan fingerprint density at radius 1 is 1.07 bits per heavy atom. The Kier molecular flexibility index (Phi) is 4.91. The number of benzene rings is 1. The monoisotopic (exact) mass is 204 g/mol. The maximum Gasteiger partial charge on any atom is 0.416 e. The van der Waals surface area contributed by atoms with Crippen LogP contribution in [0, 0.1) is 0 Å². The van der Waals surface area contributed by atoms with E-state index in [9.17, 15) is 18.0 Å². The molecule has 1 nitrogen and oxygen atoms in total. The molecule has 14 heavy (non-hydrogen) atoms. The molecule has 0 atom stereocenters. The number of rotatable bonds is 1. The number of carbonyl (C=O) groups excluding carboxylic acids is 1. The summed E-state index contributed by atoms with van der Waals surface area (Å²) in [6.45, 7) is 4.00. The van der Waals surface area contributed by atoms with E-state index in [4.69, 9.17) is 0 Å². The summed E-state index contributed by atoms with van der Waals surface area (Å²) in [6, 6.07) is 4.03. The molecule has 0 radical (unpaired) electrons. The topological polar surface area (TPSA) is 17.1 Å². The third-order valence-corrected chi connectivity index (χ3v) is 1.37. The molecule has 0 spiro atoms. The van der Waals surface area contributed by atoms with E-state index in [1.807, 2.05) is 13.8 Å². The summed E-state index contributed by atoms with van der Waals surface area (Å²) in [5, 5.41) is 0. The van der Waals surface area contributed by atoms with Gasteiger partial charge in [0.2, 0.25) is 0 Å². The fourth-order valence-corrected chi connectivity index (χ4v) is 0.751. The van der Waals surface area contributed by atoms with Crippen LogP contribution in [0.5, 0.6) is 0 Å². The van der Waals surface area contributed by atoms with Crippen molar-refractivity contribution in [1.29, 1.82) is 0 Å². The highest BCUT2D eigenvalue weighted by atomic mass is 19.4. The van der Waals surface area contributed by atoms with Crippen LogP contribution in [0.15, 0.2) is 24.3 Å². The molecule has 0 amide bonds. The van der Waals surface area contributed by atoms with Crippen LogP contribution in [0.2, 0.25) is 0 Å². The van der Waals surface area contributed by atoms with E-state index in [0.717, 1.165) is 24.3 Å². The Morgan fingerprint density at radius 2 is 1.50 bits per heavy atom. The van der Waals surface area contributed by atoms with Crippen molar-refractivity contribution in [3.63, 3.8) is 0 Å². The Hall–Kier alpha value is -1.32. The fourth-order valence-electron chi connectivity index (χ4n) is 0.751. The highest BCUT2D eigenvalue weighted by Gasteiger charge is 2.29. The lowest BCUT2D eigenvalue weighted by Crippen LogP contribution is -2.04. The summed E-state index contributed by atoms with van der Waals surface area (Å²) >= 11 is 0. The minimum Gasteiger partial charge on any atom is -0.298 e. The van der Waals surface area contributed by atoms with Crippen LogP contribution in [0.4, 0.5) is 13.2 Å². The minimum absolute atomic E-state index is 0.239. The van der Waals surface area contributed by atoms with Crippen molar-refractivity contribution in [1.82, 2.24) is 0 Å². The number of carbonyl (C=O) groups is 1. The normalized spacial score (nSPS) is 10.1. The molecule has 0 saturated heterocycles. The molecule has 78 valence electrons. The lowest BCUT2D eigenvalue weighted by molar-refractivity contribution is -0.137. The maximum absolute atomic E-state index is 11.9. The highest BCUT2D eigenvalue weighted by molar-refractivity contribution is 5.74. The van der Waals surface area contributed by atoms with Crippen molar-refractivity contribution in [2.24, 2.45) is 0 Å². The second-order valence-electron chi connectivity index (χ2n) is 2.24. The minimum atomic E-state index is -4.33. The Morgan fingerprint density at radius 3 is 1.79 bits per heavy atom. The van der Waals surface area contributed by atoms with E-state index in [-0.39, 0.29) is 5.56 Å². The molecule has 1 rings (SSSR count). The number of alkyl halides is 3. The quantitative estimate of drug-likeness (QED) is 0.639. The van der Waals surface area contributed by atoms with Gasteiger partial charge in [-0.05, 0) is 12.1 Å². The summed E-state index contributed by atoms with van der Waals surface area (Å²) in [7, 11) is 0. The van der Waals surface area contributed by atoms with Gasteiger partial charge in [0.1, 0.15) is 6.29 Å². The summed E-state index contributed by atoms with van der Waals surface area (Å²) < 4.78 is 35.8. The maximum atomic E-state index is 11.9. The predicted octanol–water partition coefficient (Wildman–Crippen LogP) is 3.54. The zero-order chi connectivity index (χ0) is 11.2. The summed E-state index contributed by atoms with van der Waals surface area (Å²) in [5.41, 5.74) is -0.504. The smallest absolute Gasteiger partial charge is 0.298 e. The van der Waals surface area contributed by atoms with Gasteiger partial charge in [-0.2, -0.15) is 13.2 Å². The van der Waals surface area contributed by atoms with Crippen molar-refractivity contribution in [2.75, 3.05) is 0 Å². The molecule has 1 aromatic carbocycles. The molecular formula is C10H11F3O. The standard InChI is InChI=1S/C8H5F3O.C2H6/c9-8(10,11)7-3-1-6(5-12)2-4-7;1-2/h1-5H;1-2H3. The van der Waals surface area contributed by atoms with Gasteiger partial charge >= 0.3 is 6.18 Å². The summed E-state index contributed by atoms with van der Waals surface area (Å²) in [6.07, 6.45) is -3.83. The third kappa shape index (κ3) is 3.60. The van der Waals surface area contributed by atoms with E-state index >= 15 is 0 Å². The zero-order valence-electron chi connectivity index (χ0n) is 7.93. The average Bonchev–Trinajstić information content (AvgIpc) is 2.20. The largest absolute Gasteiger partial charge is 0.416 e. The van der Waals surface area contributed by atoms with Gasteiger partial charge in [0.05, 0.1) is 5.56 Å². The number of aldehydes is 1. The summed E-state index contributed by atoms with van der Waals surface area (Å²) in [5.74, 6) is 0. The van der Waals surface area contributed by atoms with Crippen molar-refractivity contribution >= 4 is 6.29 Å². The van der Waals surface area contributed by atoms with E-state index < -0.39 is 11.7 Å². The molecule has 0 aromatic heterocycles. The van der Waals surface area contributed by atoms with Crippen LogP contribution >= 0.6 is 0 Å². The van der Waals surface area contributed by atoms with Crippen molar-refractivity contribution in [3.05, 3.63) is 35.4 Å². The van der Waals surface area contributed by atoms with Gasteiger partial charge in [-0.3, -0.25) is 4.79 Å². The van der Waals surface area contributed by atoms with E-state index in [0.29, 0.717) is 6.29 Å². The number of hydrogen-bond acceptors (Lipinski definition) is 1. The van der Waals surface area contributed by atoms with Gasteiger partial charge < -0.3 is 0 Å². The first-order valence-corrected chi connectivity index (χ1v) is 4.16. The molecule has 0 heterocycles. The Bertz CT molecular complexity index is 274. The van der Waals surface area contributed by atoms with E-state index in [1.165, 1.54) is 0 Å². The second-order valence-corrected chi connectivity index (χ2v) is 2.24. The molecule has 1 aromatic rings. The van der Waals surface area contributed by atoms with Crippen molar-refractivity contribution < 1.29 is 18.0 Å². The third-order valence-electron chi connectivity index (χ3n) is 1.37. The van der Waals surface area contributed by atoms with Crippen LogP contribution in [0.1, 0.15) is 29.8 Å². The van der Waals surface area contributed by atoms with Gasteiger partial charge in [-0.1, -0.05) is 26.0 Å². The van der Waals surface area contributed by atoms with E-state index in [2.05, 4.69) is 0 Å². The first-order chi connectivity index (χ1) is 6.54. The number of hydrogen-bond donors (Lipinski definition) is 0. The SMILES string of the molecule is CC.O=Cc1ccc(C(F)(F)F)cc1. The van der Waals surface area contributed by atoms with Gasteiger partial charge in [-0.15, -0.1) is 0 Å².